The Bertz CT molecular complexity index is 558. The maximum atomic E-state index is 11.7. The molecule has 7 heteroatoms. The SMILES string of the molecule is Cc1cncc(N2CC(S(=O)(=O)Cl)CC2=O)c1. The first-order valence-electron chi connectivity index (χ1n) is 5.03. The predicted molar refractivity (Wildman–Crippen MR) is 64.5 cm³/mol. The molecule has 1 aromatic heterocycles. The van der Waals surface area contributed by atoms with Crippen LogP contribution >= 0.6 is 10.7 Å². The first kappa shape index (κ1) is 12.3. The van der Waals surface area contributed by atoms with Crippen molar-refractivity contribution in [3.63, 3.8) is 0 Å². The van der Waals surface area contributed by atoms with Crippen molar-refractivity contribution >= 4 is 31.3 Å². The van der Waals surface area contributed by atoms with Crippen LogP contribution in [0.3, 0.4) is 0 Å². The van der Waals surface area contributed by atoms with Crippen LogP contribution in [-0.4, -0.2) is 31.1 Å². The van der Waals surface area contributed by atoms with Gasteiger partial charge in [0.2, 0.25) is 15.0 Å². The molecule has 0 spiro atoms. The number of hydrogen-bond acceptors (Lipinski definition) is 4. The van der Waals surface area contributed by atoms with E-state index in [1.54, 1.807) is 12.3 Å². The van der Waals surface area contributed by atoms with Gasteiger partial charge in [0.25, 0.3) is 0 Å². The van der Waals surface area contributed by atoms with Crippen LogP contribution in [0.1, 0.15) is 12.0 Å². The highest BCUT2D eigenvalue weighted by Gasteiger charge is 2.38. The topological polar surface area (TPSA) is 67.3 Å². The molecule has 0 aromatic carbocycles. The van der Waals surface area contributed by atoms with E-state index in [0.717, 1.165) is 5.56 Å². The van der Waals surface area contributed by atoms with Gasteiger partial charge in [-0.2, -0.15) is 0 Å². The molecule has 1 amide bonds. The molecule has 1 atom stereocenters. The number of carbonyl (C=O) groups is 1. The van der Waals surface area contributed by atoms with Crippen LogP contribution in [-0.2, 0) is 13.8 Å². The van der Waals surface area contributed by atoms with E-state index in [9.17, 15) is 13.2 Å². The molecule has 0 radical (unpaired) electrons. The van der Waals surface area contributed by atoms with Crippen molar-refractivity contribution in [1.29, 1.82) is 0 Å². The Morgan fingerprint density at radius 2 is 2.18 bits per heavy atom. The van der Waals surface area contributed by atoms with Gasteiger partial charge in [0.15, 0.2) is 0 Å². The fourth-order valence-corrected chi connectivity index (χ4v) is 2.83. The highest BCUT2D eigenvalue weighted by molar-refractivity contribution is 8.14. The molecule has 0 saturated carbocycles. The molecule has 1 aliphatic rings. The Morgan fingerprint density at radius 3 is 2.71 bits per heavy atom. The summed E-state index contributed by atoms with van der Waals surface area (Å²) < 4.78 is 22.4. The van der Waals surface area contributed by atoms with Crippen LogP contribution in [0.2, 0.25) is 0 Å². The fraction of sp³-hybridized carbons (Fsp3) is 0.400. The second-order valence-electron chi connectivity index (χ2n) is 4.03. The van der Waals surface area contributed by atoms with Crippen LogP contribution in [0.15, 0.2) is 18.5 Å². The molecule has 5 nitrogen and oxygen atoms in total. The third kappa shape index (κ3) is 2.58. The average Bonchev–Trinajstić information content (AvgIpc) is 2.60. The van der Waals surface area contributed by atoms with Crippen LogP contribution in [0.5, 0.6) is 0 Å². The summed E-state index contributed by atoms with van der Waals surface area (Å²) >= 11 is 0. The number of halogens is 1. The zero-order chi connectivity index (χ0) is 12.6. The number of aromatic nitrogens is 1. The molecule has 0 bridgehead atoms. The molecule has 0 N–H and O–H groups in total. The number of nitrogens with zero attached hydrogens (tertiary/aromatic N) is 2. The van der Waals surface area contributed by atoms with Crippen molar-refractivity contribution < 1.29 is 13.2 Å². The minimum Gasteiger partial charge on any atom is -0.309 e. The smallest absolute Gasteiger partial charge is 0.237 e. The summed E-state index contributed by atoms with van der Waals surface area (Å²) in [5.74, 6) is -0.244. The second kappa shape index (κ2) is 4.27. The molecule has 17 heavy (non-hydrogen) atoms. The quantitative estimate of drug-likeness (QED) is 0.757. The molecule has 1 aliphatic heterocycles. The molecule has 0 aliphatic carbocycles. The van der Waals surface area contributed by atoms with Gasteiger partial charge in [-0.3, -0.25) is 9.78 Å². The normalized spacial score (nSPS) is 20.9. The molecule has 1 aromatic rings. The van der Waals surface area contributed by atoms with Gasteiger partial charge in [-0.25, -0.2) is 8.42 Å². The van der Waals surface area contributed by atoms with E-state index in [4.69, 9.17) is 10.7 Å². The van der Waals surface area contributed by atoms with Crippen molar-refractivity contribution in [2.45, 2.75) is 18.6 Å². The van der Waals surface area contributed by atoms with Crippen LogP contribution in [0.4, 0.5) is 5.69 Å². The van der Waals surface area contributed by atoms with Gasteiger partial charge in [-0.1, -0.05) is 0 Å². The van der Waals surface area contributed by atoms with E-state index in [-0.39, 0.29) is 18.9 Å². The lowest BCUT2D eigenvalue weighted by Gasteiger charge is -2.15. The van der Waals surface area contributed by atoms with Crippen LogP contribution in [0, 0.1) is 6.92 Å². The Hall–Kier alpha value is -1.14. The lowest BCUT2D eigenvalue weighted by Crippen LogP contribution is -2.26. The monoisotopic (exact) mass is 274 g/mol. The van der Waals surface area contributed by atoms with Gasteiger partial charge in [0.1, 0.15) is 5.25 Å². The maximum Gasteiger partial charge on any atom is 0.237 e. The van der Waals surface area contributed by atoms with E-state index in [1.807, 2.05) is 6.92 Å². The minimum absolute atomic E-state index is 0.0697. The summed E-state index contributed by atoms with van der Waals surface area (Å²) in [4.78, 5) is 17.1. The Labute approximate surface area is 104 Å². The summed E-state index contributed by atoms with van der Waals surface area (Å²) in [6.45, 7) is 1.95. The second-order valence-corrected chi connectivity index (χ2v) is 6.93. The molecule has 2 rings (SSSR count). The van der Waals surface area contributed by atoms with Crippen molar-refractivity contribution in [3.05, 3.63) is 24.0 Å². The highest BCUT2D eigenvalue weighted by Crippen LogP contribution is 2.26. The van der Waals surface area contributed by atoms with Crippen molar-refractivity contribution in [1.82, 2.24) is 4.98 Å². The number of carbonyl (C=O) groups excluding carboxylic acids is 1. The lowest BCUT2D eigenvalue weighted by atomic mass is 10.3. The van der Waals surface area contributed by atoms with E-state index in [1.165, 1.54) is 11.1 Å². The Kier molecular flexibility index (Phi) is 3.09. The summed E-state index contributed by atoms with van der Waals surface area (Å²) in [6.07, 6.45) is 3.13. The van der Waals surface area contributed by atoms with Crippen molar-refractivity contribution in [3.8, 4) is 0 Å². The third-order valence-corrected chi connectivity index (χ3v) is 4.53. The Morgan fingerprint density at radius 1 is 1.47 bits per heavy atom. The number of rotatable bonds is 2. The average molecular weight is 275 g/mol. The van der Waals surface area contributed by atoms with Crippen LogP contribution in [0.25, 0.3) is 0 Å². The van der Waals surface area contributed by atoms with E-state index >= 15 is 0 Å². The fourth-order valence-electron chi connectivity index (χ4n) is 1.80. The number of pyridine rings is 1. The number of hydrogen-bond donors (Lipinski definition) is 0. The zero-order valence-electron chi connectivity index (χ0n) is 9.13. The lowest BCUT2D eigenvalue weighted by molar-refractivity contribution is -0.117. The van der Waals surface area contributed by atoms with E-state index in [2.05, 4.69) is 4.98 Å². The largest absolute Gasteiger partial charge is 0.309 e. The number of anilines is 1. The minimum atomic E-state index is -3.70. The standard InChI is InChI=1S/C10H11ClN2O3S/c1-7-2-8(5-12-4-7)13-6-9(3-10(13)14)17(11,15)16/h2,4-5,9H,3,6H2,1H3. The summed E-state index contributed by atoms with van der Waals surface area (Å²) in [5, 5.41) is -0.836. The predicted octanol–water partition coefficient (Wildman–Crippen LogP) is 1.06. The molecule has 92 valence electrons. The summed E-state index contributed by atoms with van der Waals surface area (Å²) in [6, 6.07) is 1.79. The van der Waals surface area contributed by atoms with Gasteiger partial charge in [0, 0.05) is 29.8 Å². The molecule has 1 unspecified atom stereocenters. The Balaban J connectivity index is 2.28. The first-order chi connectivity index (χ1) is 7.88. The van der Waals surface area contributed by atoms with Gasteiger partial charge in [-0.15, -0.1) is 0 Å². The maximum absolute atomic E-state index is 11.7. The summed E-state index contributed by atoms with van der Waals surface area (Å²) in [5.41, 5.74) is 1.52. The summed E-state index contributed by atoms with van der Waals surface area (Å²) in [7, 11) is 1.57. The molecular weight excluding hydrogens is 264 g/mol. The van der Waals surface area contributed by atoms with Gasteiger partial charge < -0.3 is 4.90 Å². The molecule has 1 saturated heterocycles. The van der Waals surface area contributed by atoms with Gasteiger partial charge in [-0.05, 0) is 18.6 Å². The highest BCUT2D eigenvalue weighted by atomic mass is 35.7. The van der Waals surface area contributed by atoms with Crippen LogP contribution < -0.4 is 4.90 Å². The third-order valence-electron chi connectivity index (χ3n) is 2.66. The number of amides is 1. The van der Waals surface area contributed by atoms with Crippen molar-refractivity contribution in [2.24, 2.45) is 0 Å². The van der Waals surface area contributed by atoms with Gasteiger partial charge in [0.05, 0.1) is 11.9 Å². The first-order valence-corrected chi connectivity index (χ1v) is 7.40. The zero-order valence-corrected chi connectivity index (χ0v) is 10.7. The van der Waals surface area contributed by atoms with Gasteiger partial charge >= 0.3 is 0 Å². The van der Waals surface area contributed by atoms with E-state index in [0.29, 0.717) is 5.69 Å². The van der Waals surface area contributed by atoms with Crippen molar-refractivity contribution in [2.75, 3.05) is 11.4 Å². The molecule has 1 fully saturated rings. The number of aryl methyl sites for hydroxylation is 1. The molecular formula is C10H11ClN2O3S. The molecule has 2 heterocycles. The van der Waals surface area contributed by atoms with E-state index < -0.39 is 14.3 Å².